The zero-order chi connectivity index (χ0) is 17.3. The van der Waals surface area contributed by atoms with Gasteiger partial charge in [0.1, 0.15) is 11.6 Å². The Kier molecular flexibility index (Phi) is 3.98. The van der Waals surface area contributed by atoms with E-state index >= 15 is 0 Å². The van der Waals surface area contributed by atoms with Crippen molar-refractivity contribution in [2.45, 2.75) is 6.42 Å². The molecule has 0 radical (unpaired) electrons. The monoisotopic (exact) mass is 324 g/mol. The quantitative estimate of drug-likeness (QED) is 0.442. The summed E-state index contributed by atoms with van der Waals surface area (Å²) in [5, 5.41) is 8.71. The number of aromatic nitrogens is 2. The maximum atomic E-state index is 13.7. The van der Waals surface area contributed by atoms with Crippen LogP contribution in [0.25, 0.3) is 15.9 Å². The Hall–Kier alpha value is -3.24. The average Bonchev–Trinajstić information content (AvgIpc) is 2.88. The first-order valence-corrected chi connectivity index (χ1v) is 7.09. The van der Waals surface area contributed by atoms with E-state index in [1.807, 2.05) is 6.07 Å². The van der Waals surface area contributed by atoms with E-state index in [0.29, 0.717) is 28.8 Å². The molecule has 0 unspecified atom stereocenters. The number of benzene rings is 2. The predicted octanol–water partition coefficient (Wildman–Crippen LogP) is 2.97. The molecule has 0 aliphatic rings. The lowest BCUT2D eigenvalue weighted by Crippen LogP contribution is -2.18. The molecule has 3 rings (SSSR count). The number of hydrogen-bond acceptors (Lipinski definition) is 3. The molecule has 2 N–H and O–H groups in total. The van der Waals surface area contributed by atoms with Crippen molar-refractivity contribution in [2.24, 2.45) is 7.05 Å². The molecule has 0 aliphatic heterocycles. The van der Waals surface area contributed by atoms with Crippen molar-refractivity contribution in [3.05, 3.63) is 70.6 Å². The smallest absolute Gasteiger partial charge is 0.274 e. The van der Waals surface area contributed by atoms with E-state index in [9.17, 15) is 9.18 Å². The fourth-order valence-corrected chi connectivity index (χ4v) is 2.57. The number of imidazole rings is 1. The lowest BCUT2D eigenvalue weighted by atomic mass is 10.1. The standard InChI is InChI=1S/C17H13FN4O2/c1-19-13-9-15-14(8-12(13)18)20-16(22(15)2)7-10-4-3-5-11(6-10)17(23)21-24/h3-6,8-9,24H,7H2,2H3,(H,21,23). The van der Waals surface area contributed by atoms with Gasteiger partial charge in [-0.3, -0.25) is 10.0 Å². The van der Waals surface area contributed by atoms with Crippen molar-refractivity contribution in [3.63, 3.8) is 0 Å². The summed E-state index contributed by atoms with van der Waals surface area (Å²) in [5.41, 5.74) is 3.84. The van der Waals surface area contributed by atoms with Crippen LogP contribution in [0.2, 0.25) is 0 Å². The zero-order valence-corrected chi connectivity index (χ0v) is 12.7. The summed E-state index contributed by atoms with van der Waals surface area (Å²) in [4.78, 5) is 19.1. The number of rotatable bonds is 3. The number of amides is 1. The van der Waals surface area contributed by atoms with Crippen molar-refractivity contribution in [2.75, 3.05) is 0 Å². The summed E-state index contributed by atoms with van der Waals surface area (Å²) in [6.07, 6.45) is 0.423. The third kappa shape index (κ3) is 2.71. The van der Waals surface area contributed by atoms with Crippen LogP contribution in [-0.2, 0) is 13.5 Å². The SMILES string of the molecule is [C-]#[N+]c1cc2c(cc1F)nc(Cc1cccc(C(=O)NO)c1)n2C. The normalized spacial score (nSPS) is 10.6. The molecule has 0 bridgehead atoms. The summed E-state index contributed by atoms with van der Waals surface area (Å²) in [5.74, 6) is -0.512. The van der Waals surface area contributed by atoms with Gasteiger partial charge in [-0.15, -0.1) is 0 Å². The highest BCUT2D eigenvalue weighted by molar-refractivity contribution is 5.93. The van der Waals surface area contributed by atoms with Crippen LogP contribution >= 0.6 is 0 Å². The fraction of sp³-hybridized carbons (Fsp3) is 0.118. The Balaban J connectivity index is 2.01. The summed E-state index contributed by atoms with van der Waals surface area (Å²) < 4.78 is 15.5. The maximum Gasteiger partial charge on any atom is 0.274 e. The molecular weight excluding hydrogens is 311 g/mol. The summed E-state index contributed by atoms with van der Waals surface area (Å²) >= 11 is 0. The molecule has 0 atom stereocenters. The second-order valence-corrected chi connectivity index (χ2v) is 5.31. The van der Waals surface area contributed by atoms with Gasteiger partial charge in [0.25, 0.3) is 5.91 Å². The molecule has 120 valence electrons. The first-order valence-electron chi connectivity index (χ1n) is 7.09. The van der Waals surface area contributed by atoms with E-state index in [0.717, 1.165) is 5.56 Å². The maximum absolute atomic E-state index is 13.7. The largest absolute Gasteiger partial charge is 0.332 e. The van der Waals surface area contributed by atoms with Crippen molar-refractivity contribution < 1.29 is 14.4 Å². The van der Waals surface area contributed by atoms with E-state index in [2.05, 4.69) is 9.83 Å². The predicted molar refractivity (Wildman–Crippen MR) is 85.4 cm³/mol. The minimum atomic E-state index is -0.594. The van der Waals surface area contributed by atoms with Gasteiger partial charge in [0.05, 0.1) is 17.6 Å². The Morgan fingerprint density at radius 1 is 1.42 bits per heavy atom. The van der Waals surface area contributed by atoms with Gasteiger partial charge >= 0.3 is 0 Å². The first-order chi connectivity index (χ1) is 11.5. The highest BCUT2D eigenvalue weighted by Gasteiger charge is 2.13. The van der Waals surface area contributed by atoms with E-state index in [4.69, 9.17) is 11.8 Å². The zero-order valence-electron chi connectivity index (χ0n) is 12.7. The Morgan fingerprint density at radius 3 is 2.92 bits per heavy atom. The molecule has 3 aromatic rings. The van der Waals surface area contributed by atoms with Crippen LogP contribution in [0.3, 0.4) is 0 Å². The van der Waals surface area contributed by atoms with Gasteiger partial charge in [-0.05, 0) is 29.8 Å². The Morgan fingerprint density at radius 2 is 2.21 bits per heavy atom. The Labute approximate surface area is 136 Å². The minimum Gasteiger partial charge on any atom is -0.332 e. The van der Waals surface area contributed by atoms with Gasteiger partial charge in [0, 0.05) is 19.0 Å². The average molecular weight is 324 g/mol. The number of nitrogens with one attached hydrogen (secondary N) is 1. The molecule has 1 aromatic heterocycles. The molecule has 0 saturated carbocycles. The van der Waals surface area contributed by atoms with E-state index in [-0.39, 0.29) is 5.69 Å². The number of carbonyl (C=O) groups is 1. The first kappa shape index (κ1) is 15.6. The van der Waals surface area contributed by atoms with Crippen LogP contribution in [0.15, 0.2) is 36.4 Å². The fourth-order valence-electron chi connectivity index (χ4n) is 2.57. The molecule has 0 saturated heterocycles. The van der Waals surface area contributed by atoms with Crippen LogP contribution in [0.4, 0.5) is 10.1 Å². The van der Waals surface area contributed by atoms with Gasteiger partial charge in [-0.2, -0.15) is 0 Å². The number of halogens is 1. The van der Waals surface area contributed by atoms with Crippen LogP contribution in [0, 0.1) is 12.4 Å². The van der Waals surface area contributed by atoms with Gasteiger partial charge in [-0.25, -0.2) is 19.7 Å². The van der Waals surface area contributed by atoms with Crippen molar-refractivity contribution in [3.8, 4) is 0 Å². The van der Waals surface area contributed by atoms with Crippen molar-refractivity contribution >= 4 is 22.6 Å². The number of carbonyl (C=O) groups excluding carboxylic acids is 1. The molecule has 7 heteroatoms. The molecule has 1 heterocycles. The number of hydroxylamine groups is 1. The lowest BCUT2D eigenvalue weighted by Gasteiger charge is -2.05. The molecule has 0 aliphatic carbocycles. The molecule has 6 nitrogen and oxygen atoms in total. The molecular formula is C17H13FN4O2. The van der Waals surface area contributed by atoms with Crippen LogP contribution in [0.1, 0.15) is 21.7 Å². The highest BCUT2D eigenvalue weighted by Crippen LogP contribution is 2.26. The second-order valence-electron chi connectivity index (χ2n) is 5.31. The van der Waals surface area contributed by atoms with E-state index in [1.54, 1.807) is 35.3 Å². The summed E-state index contributed by atoms with van der Waals surface area (Å²) in [7, 11) is 1.79. The number of hydrogen-bond donors (Lipinski definition) is 2. The Bertz CT molecular complexity index is 988. The third-order valence-electron chi connectivity index (χ3n) is 3.82. The molecule has 0 fully saturated rings. The van der Waals surface area contributed by atoms with E-state index < -0.39 is 11.7 Å². The van der Waals surface area contributed by atoms with Crippen molar-refractivity contribution in [1.29, 1.82) is 0 Å². The van der Waals surface area contributed by atoms with Crippen LogP contribution < -0.4 is 5.48 Å². The lowest BCUT2D eigenvalue weighted by molar-refractivity contribution is 0.0706. The van der Waals surface area contributed by atoms with E-state index in [1.165, 1.54) is 12.1 Å². The second kappa shape index (κ2) is 6.10. The van der Waals surface area contributed by atoms with Crippen LogP contribution in [0.5, 0.6) is 0 Å². The summed E-state index contributed by atoms with van der Waals surface area (Å²) in [6.45, 7) is 7.00. The third-order valence-corrected chi connectivity index (χ3v) is 3.82. The van der Waals surface area contributed by atoms with Gasteiger partial charge < -0.3 is 4.57 Å². The number of aryl methyl sites for hydroxylation is 1. The van der Waals surface area contributed by atoms with Gasteiger partial charge in [0.2, 0.25) is 5.69 Å². The molecule has 24 heavy (non-hydrogen) atoms. The topological polar surface area (TPSA) is 71.5 Å². The van der Waals surface area contributed by atoms with Gasteiger partial charge in [0.15, 0.2) is 0 Å². The number of fused-ring (bicyclic) bond motifs is 1. The van der Waals surface area contributed by atoms with Gasteiger partial charge in [-0.1, -0.05) is 12.1 Å². The van der Waals surface area contributed by atoms with Crippen molar-refractivity contribution in [1.82, 2.24) is 15.0 Å². The summed E-state index contributed by atoms with van der Waals surface area (Å²) in [6, 6.07) is 9.50. The molecule has 0 spiro atoms. The minimum absolute atomic E-state index is 0.0429. The molecule has 1 amide bonds. The molecule has 2 aromatic carbocycles. The number of nitrogens with zero attached hydrogens (tertiary/aromatic N) is 3. The van der Waals surface area contributed by atoms with Crippen LogP contribution in [-0.4, -0.2) is 20.7 Å². The highest BCUT2D eigenvalue weighted by atomic mass is 19.1.